The molecular weight excluding hydrogens is 208 g/mol. The second-order valence-electron chi connectivity index (χ2n) is 4.55. The number of rotatable bonds is 2. The van der Waals surface area contributed by atoms with E-state index in [0.717, 1.165) is 19.4 Å². The van der Waals surface area contributed by atoms with Crippen LogP contribution >= 0.6 is 0 Å². The molecule has 2 heterocycles. The first-order valence-electron chi connectivity index (χ1n) is 6.98. The normalized spacial score (nSPS) is 13.5. The summed E-state index contributed by atoms with van der Waals surface area (Å²) in [5.41, 5.74) is 5.48. The fourth-order valence-corrected chi connectivity index (χ4v) is 2.35. The first-order valence-corrected chi connectivity index (χ1v) is 6.98. The van der Waals surface area contributed by atoms with Crippen LogP contribution in [0.4, 0.5) is 5.69 Å². The highest BCUT2D eigenvalue weighted by Crippen LogP contribution is 2.30. The maximum absolute atomic E-state index is 4.59. The number of aryl methyl sites for hydroxylation is 1. The minimum atomic E-state index is 0.571. The minimum Gasteiger partial charge on any atom is -0.383 e. The second-order valence-corrected chi connectivity index (χ2v) is 4.55. The summed E-state index contributed by atoms with van der Waals surface area (Å²) in [6.07, 6.45) is 5.53. The number of anilines is 1. The van der Waals surface area contributed by atoms with Crippen LogP contribution in [0.5, 0.6) is 0 Å². The topological polar surface area (TPSA) is 24.9 Å². The molecule has 1 aliphatic rings. The van der Waals surface area contributed by atoms with Crippen LogP contribution in [-0.2, 0) is 12.8 Å². The fourth-order valence-electron chi connectivity index (χ4n) is 2.35. The number of nitrogens with zero attached hydrogens (tertiary/aromatic N) is 1. The van der Waals surface area contributed by atoms with E-state index in [9.17, 15) is 0 Å². The van der Waals surface area contributed by atoms with Crippen molar-refractivity contribution < 1.29 is 0 Å². The van der Waals surface area contributed by atoms with Crippen LogP contribution in [0.15, 0.2) is 6.20 Å². The van der Waals surface area contributed by atoms with Crippen molar-refractivity contribution in [2.75, 3.05) is 11.9 Å². The van der Waals surface area contributed by atoms with Crippen molar-refractivity contribution in [3.05, 3.63) is 23.0 Å². The third-order valence-electron chi connectivity index (χ3n) is 3.17. The lowest BCUT2D eigenvalue weighted by molar-refractivity contribution is 0.773. The number of hydrogen-bond donors (Lipinski definition) is 1. The molecule has 0 bridgehead atoms. The number of nitrogens with one attached hydrogen (secondary N) is 1. The van der Waals surface area contributed by atoms with E-state index in [-0.39, 0.29) is 0 Å². The minimum absolute atomic E-state index is 0.571. The van der Waals surface area contributed by atoms with Crippen LogP contribution in [0.25, 0.3) is 0 Å². The van der Waals surface area contributed by atoms with Gasteiger partial charge in [0, 0.05) is 12.7 Å². The molecule has 0 amide bonds. The van der Waals surface area contributed by atoms with Gasteiger partial charge in [-0.15, -0.1) is 0 Å². The van der Waals surface area contributed by atoms with Crippen LogP contribution in [0, 0.1) is 0 Å². The smallest absolute Gasteiger partial charge is 0.0638 e. The summed E-state index contributed by atoms with van der Waals surface area (Å²) in [4.78, 5) is 4.59. The van der Waals surface area contributed by atoms with Gasteiger partial charge in [-0.05, 0) is 36.3 Å². The molecule has 2 heteroatoms. The first-order chi connectivity index (χ1) is 8.24. The van der Waals surface area contributed by atoms with E-state index >= 15 is 0 Å². The van der Waals surface area contributed by atoms with Gasteiger partial charge < -0.3 is 5.32 Å². The third kappa shape index (κ3) is 2.99. The molecule has 17 heavy (non-hydrogen) atoms. The Hall–Kier alpha value is -1.05. The Balaban J connectivity index is 0.000000686. The van der Waals surface area contributed by atoms with E-state index in [1.165, 1.54) is 28.9 Å². The molecule has 2 rings (SSSR count). The molecule has 0 radical (unpaired) electrons. The molecule has 1 N–H and O–H groups in total. The lowest BCUT2D eigenvalue weighted by Crippen LogP contribution is -2.16. The maximum Gasteiger partial charge on any atom is 0.0638 e. The standard InChI is InChI=1S/C13H20N2.C2H6/c1-4-10-11(9(2)3)8-15-12-6-5-7-14-13(10)12;1-2/h8-9,14H,4-7H2,1-3H3;1-2H3. The van der Waals surface area contributed by atoms with Gasteiger partial charge in [0.15, 0.2) is 0 Å². The largest absolute Gasteiger partial charge is 0.383 e. The summed E-state index contributed by atoms with van der Waals surface area (Å²) in [5.74, 6) is 0.571. The van der Waals surface area contributed by atoms with Gasteiger partial charge in [0.05, 0.1) is 11.4 Å². The van der Waals surface area contributed by atoms with Crippen molar-refractivity contribution in [3.63, 3.8) is 0 Å². The summed E-state index contributed by atoms with van der Waals surface area (Å²) in [6.45, 7) is 11.8. The van der Waals surface area contributed by atoms with Gasteiger partial charge in [0.1, 0.15) is 0 Å². The van der Waals surface area contributed by atoms with Crippen molar-refractivity contribution in [2.45, 2.75) is 59.8 Å². The molecule has 0 unspecified atom stereocenters. The molecule has 0 aromatic carbocycles. The van der Waals surface area contributed by atoms with Crippen molar-refractivity contribution in [2.24, 2.45) is 0 Å². The van der Waals surface area contributed by atoms with E-state index in [0.29, 0.717) is 5.92 Å². The first kappa shape index (κ1) is 14.0. The van der Waals surface area contributed by atoms with E-state index in [4.69, 9.17) is 0 Å². The van der Waals surface area contributed by atoms with E-state index in [1.807, 2.05) is 13.8 Å². The fraction of sp³-hybridized carbons (Fsp3) is 0.667. The van der Waals surface area contributed by atoms with Crippen LogP contribution < -0.4 is 5.32 Å². The van der Waals surface area contributed by atoms with Gasteiger partial charge in [0.25, 0.3) is 0 Å². The average Bonchev–Trinajstić information content (AvgIpc) is 2.39. The van der Waals surface area contributed by atoms with Gasteiger partial charge in [-0.25, -0.2) is 0 Å². The number of hydrogen-bond acceptors (Lipinski definition) is 2. The number of aromatic nitrogens is 1. The SMILES string of the molecule is CC.CCc1c(C(C)C)cnc2c1NCCC2. The van der Waals surface area contributed by atoms with Crippen LogP contribution in [0.2, 0.25) is 0 Å². The molecule has 1 aromatic rings. The highest BCUT2D eigenvalue weighted by Gasteiger charge is 2.17. The quantitative estimate of drug-likeness (QED) is 0.831. The Kier molecular flexibility index (Phi) is 5.46. The van der Waals surface area contributed by atoms with Gasteiger partial charge >= 0.3 is 0 Å². The van der Waals surface area contributed by atoms with Crippen LogP contribution in [0.3, 0.4) is 0 Å². The molecule has 0 saturated heterocycles. The van der Waals surface area contributed by atoms with Crippen molar-refractivity contribution >= 4 is 5.69 Å². The monoisotopic (exact) mass is 234 g/mol. The van der Waals surface area contributed by atoms with Crippen molar-refractivity contribution in [1.29, 1.82) is 0 Å². The summed E-state index contributed by atoms with van der Waals surface area (Å²) in [6, 6.07) is 0. The van der Waals surface area contributed by atoms with E-state index in [2.05, 4.69) is 37.3 Å². The average molecular weight is 234 g/mol. The molecule has 0 aliphatic carbocycles. The number of pyridine rings is 1. The summed E-state index contributed by atoms with van der Waals surface area (Å²) < 4.78 is 0. The second kappa shape index (κ2) is 6.63. The predicted molar refractivity (Wildman–Crippen MR) is 75.9 cm³/mol. The zero-order chi connectivity index (χ0) is 12.8. The lowest BCUT2D eigenvalue weighted by atomic mass is 9.93. The molecule has 0 fully saturated rings. The predicted octanol–water partition coefficient (Wildman–Crippen LogP) is 4.15. The van der Waals surface area contributed by atoms with Crippen molar-refractivity contribution in [3.8, 4) is 0 Å². The molecular formula is C15H26N2. The zero-order valence-electron chi connectivity index (χ0n) is 11.9. The van der Waals surface area contributed by atoms with Gasteiger partial charge in [-0.3, -0.25) is 4.98 Å². The summed E-state index contributed by atoms with van der Waals surface area (Å²) >= 11 is 0. The van der Waals surface area contributed by atoms with Crippen LogP contribution in [-0.4, -0.2) is 11.5 Å². The Bertz CT molecular complexity index is 356. The lowest BCUT2D eigenvalue weighted by Gasteiger charge is -2.23. The molecule has 2 nitrogen and oxygen atoms in total. The maximum atomic E-state index is 4.59. The Morgan fingerprint density at radius 2 is 2.06 bits per heavy atom. The van der Waals surface area contributed by atoms with Gasteiger partial charge in [0.2, 0.25) is 0 Å². The Morgan fingerprint density at radius 1 is 1.35 bits per heavy atom. The highest BCUT2D eigenvalue weighted by atomic mass is 14.9. The Labute approximate surface area is 106 Å². The molecule has 0 spiro atoms. The van der Waals surface area contributed by atoms with E-state index < -0.39 is 0 Å². The van der Waals surface area contributed by atoms with Gasteiger partial charge in [-0.2, -0.15) is 0 Å². The summed E-state index contributed by atoms with van der Waals surface area (Å²) in [7, 11) is 0. The summed E-state index contributed by atoms with van der Waals surface area (Å²) in [5, 5.41) is 3.51. The number of fused-ring (bicyclic) bond motifs is 1. The van der Waals surface area contributed by atoms with Crippen molar-refractivity contribution in [1.82, 2.24) is 4.98 Å². The Morgan fingerprint density at radius 3 is 2.65 bits per heavy atom. The zero-order valence-corrected chi connectivity index (χ0v) is 11.9. The van der Waals surface area contributed by atoms with Crippen LogP contribution in [0.1, 0.15) is 63.8 Å². The molecule has 1 aliphatic heterocycles. The highest BCUT2D eigenvalue weighted by molar-refractivity contribution is 5.59. The molecule has 0 saturated carbocycles. The molecule has 0 atom stereocenters. The third-order valence-corrected chi connectivity index (χ3v) is 3.17. The van der Waals surface area contributed by atoms with Gasteiger partial charge in [-0.1, -0.05) is 34.6 Å². The van der Waals surface area contributed by atoms with E-state index in [1.54, 1.807) is 0 Å². The molecule has 1 aromatic heterocycles. The molecule has 96 valence electrons.